The Morgan fingerprint density at radius 1 is 1.21 bits per heavy atom. The lowest BCUT2D eigenvalue weighted by atomic mass is 10.0. The average molecular weight is 432 g/mol. The third-order valence-electron chi connectivity index (χ3n) is 4.58. The Balaban J connectivity index is 1.65. The van der Waals surface area contributed by atoms with Crippen LogP contribution in [0.2, 0.25) is 5.02 Å². The van der Waals surface area contributed by atoms with Gasteiger partial charge in [0.15, 0.2) is 5.82 Å². The molecule has 0 aliphatic carbocycles. The molecule has 4 rings (SSSR count). The summed E-state index contributed by atoms with van der Waals surface area (Å²) in [5, 5.41) is 12.1. The molecule has 0 spiro atoms. The van der Waals surface area contributed by atoms with Crippen molar-refractivity contribution in [1.29, 1.82) is 0 Å². The molecule has 2 heterocycles. The molecule has 0 radical (unpaired) electrons. The van der Waals surface area contributed by atoms with Crippen LogP contribution in [0, 0.1) is 5.82 Å². The van der Waals surface area contributed by atoms with Crippen LogP contribution in [0.25, 0.3) is 0 Å². The number of fused-ring (bicyclic) bond motifs is 1. The molecule has 0 unspecified atom stereocenters. The van der Waals surface area contributed by atoms with E-state index in [1.165, 1.54) is 36.0 Å². The molecular weight excluding hydrogens is 413 g/mol. The van der Waals surface area contributed by atoms with E-state index >= 15 is 0 Å². The summed E-state index contributed by atoms with van der Waals surface area (Å²) in [5.41, 5.74) is 4.85. The highest BCUT2D eigenvalue weighted by Gasteiger charge is 2.37. The first-order chi connectivity index (χ1) is 14.0. The highest BCUT2D eigenvalue weighted by molar-refractivity contribution is 8.00. The van der Waals surface area contributed by atoms with E-state index in [9.17, 15) is 9.18 Å². The van der Waals surface area contributed by atoms with Crippen LogP contribution in [0.1, 0.15) is 30.8 Å². The van der Waals surface area contributed by atoms with Crippen molar-refractivity contribution >= 4 is 35.0 Å². The standard InChI is InChI=1S/C20H19ClFN5OS/c1-2-3-16-24-25-20-27(16)26-17(12-4-6-13(21)7-5-12)18(29-20)19(28)23-15-10-8-14(22)9-11-15/h4-11,17-18,26H,2-3H2,1H3,(H,23,28)/t17-,18-/m1/s1. The Morgan fingerprint density at radius 3 is 2.62 bits per heavy atom. The number of carbonyl (C=O) groups excluding carboxylic acids is 1. The molecule has 0 fully saturated rings. The number of aryl methyl sites for hydroxylation is 1. The van der Waals surface area contributed by atoms with Gasteiger partial charge < -0.3 is 10.7 Å². The van der Waals surface area contributed by atoms with Gasteiger partial charge in [-0.1, -0.05) is 42.4 Å². The van der Waals surface area contributed by atoms with E-state index in [2.05, 4.69) is 27.9 Å². The third-order valence-corrected chi connectivity index (χ3v) is 6.04. The molecular formula is C20H19ClFN5OS. The van der Waals surface area contributed by atoms with Gasteiger partial charge in [0.2, 0.25) is 11.1 Å². The van der Waals surface area contributed by atoms with Crippen LogP contribution in [-0.2, 0) is 11.2 Å². The first-order valence-electron chi connectivity index (χ1n) is 9.24. The van der Waals surface area contributed by atoms with E-state index in [1.807, 2.05) is 16.8 Å². The van der Waals surface area contributed by atoms with Gasteiger partial charge >= 0.3 is 0 Å². The number of thioether (sulfide) groups is 1. The maximum Gasteiger partial charge on any atom is 0.240 e. The number of hydrogen-bond donors (Lipinski definition) is 2. The first kappa shape index (κ1) is 19.7. The number of nitrogens with one attached hydrogen (secondary N) is 2. The van der Waals surface area contributed by atoms with Crippen molar-refractivity contribution in [3.8, 4) is 0 Å². The van der Waals surface area contributed by atoms with Gasteiger partial charge in [0.05, 0.1) is 6.04 Å². The van der Waals surface area contributed by atoms with E-state index in [4.69, 9.17) is 11.6 Å². The summed E-state index contributed by atoms with van der Waals surface area (Å²) in [7, 11) is 0. The summed E-state index contributed by atoms with van der Waals surface area (Å²) in [5.74, 6) is 0.263. The average Bonchev–Trinajstić information content (AvgIpc) is 3.11. The summed E-state index contributed by atoms with van der Waals surface area (Å²) in [6, 6.07) is 12.8. The molecule has 2 atom stereocenters. The Morgan fingerprint density at radius 2 is 1.93 bits per heavy atom. The zero-order chi connectivity index (χ0) is 20.4. The monoisotopic (exact) mass is 431 g/mol. The van der Waals surface area contributed by atoms with Crippen LogP contribution in [0.4, 0.5) is 10.1 Å². The molecule has 2 N–H and O–H groups in total. The lowest BCUT2D eigenvalue weighted by molar-refractivity contribution is -0.116. The zero-order valence-electron chi connectivity index (χ0n) is 15.6. The van der Waals surface area contributed by atoms with Crippen molar-refractivity contribution < 1.29 is 9.18 Å². The minimum absolute atomic E-state index is 0.208. The smallest absolute Gasteiger partial charge is 0.240 e. The second-order valence-electron chi connectivity index (χ2n) is 6.68. The largest absolute Gasteiger partial charge is 0.325 e. The van der Waals surface area contributed by atoms with Gasteiger partial charge in [-0.15, -0.1) is 10.2 Å². The van der Waals surface area contributed by atoms with Gasteiger partial charge in [0, 0.05) is 17.1 Å². The summed E-state index contributed by atoms with van der Waals surface area (Å²) < 4.78 is 15.0. The predicted molar refractivity (Wildman–Crippen MR) is 112 cm³/mol. The molecule has 0 saturated heterocycles. The van der Waals surface area contributed by atoms with Crippen molar-refractivity contribution in [2.45, 2.75) is 36.2 Å². The molecule has 150 valence electrons. The topological polar surface area (TPSA) is 71.8 Å². The molecule has 29 heavy (non-hydrogen) atoms. The van der Waals surface area contributed by atoms with Gasteiger partial charge in [-0.3, -0.25) is 4.79 Å². The SMILES string of the molecule is CCCc1nnc2n1N[C@H](c1ccc(Cl)cc1)[C@H](C(=O)Nc1ccc(F)cc1)S2. The third kappa shape index (κ3) is 4.23. The van der Waals surface area contributed by atoms with Crippen molar-refractivity contribution in [2.24, 2.45) is 0 Å². The summed E-state index contributed by atoms with van der Waals surface area (Å²) in [6.07, 6.45) is 1.71. The summed E-state index contributed by atoms with van der Waals surface area (Å²) >= 11 is 7.39. The minimum Gasteiger partial charge on any atom is -0.325 e. The molecule has 3 aromatic rings. The number of nitrogens with zero attached hydrogens (tertiary/aromatic N) is 3. The molecule has 6 nitrogen and oxygen atoms in total. The maximum absolute atomic E-state index is 13.2. The minimum atomic E-state index is -0.507. The molecule has 0 saturated carbocycles. The van der Waals surface area contributed by atoms with Crippen LogP contribution in [0.15, 0.2) is 53.7 Å². The van der Waals surface area contributed by atoms with E-state index in [-0.39, 0.29) is 17.8 Å². The molecule has 2 aromatic carbocycles. The van der Waals surface area contributed by atoms with Gasteiger partial charge in [0.25, 0.3) is 0 Å². The molecule has 0 bridgehead atoms. The van der Waals surface area contributed by atoms with Crippen molar-refractivity contribution in [3.63, 3.8) is 0 Å². The number of halogens is 2. The second kappa shape index (κ2) is 8.42. The quantitative estimate of drug-likeness (QED) is 0.625. The molecule has 1 amide bonds. The molecule has 1 aliphatic heterocycles. The van der Waals surface area contributed by atoms with Crippen molar-refractivity contribution in [3.05, 3.63) is 70.8 Å². The highest BCUT2D eigenvalue weighted by atomic mass is 35.5. The van der Waals surface area contributed by atoms with Crippen molar-refractivity contribution in [2.75, 3.05) is 10.7 Å². The second-order valence-corrected chi connectivity index (χ2v) is 8.22. The fourth-order valence-corrected chi connectivity index (χ4v) is 4.38. The fourth-order valence-electron chi connectivity index (χ4n) is 3.15. The Kier molecular flexibility index (Phi) is 5.73. The summed E-state index contributed by atoms with van der Waals surface area (Å²) in [4.78, 5) is 13.1. The number of rotatable bonds is 5. The maximum atomic E-state index is 13.2. The van der Waals surface area contributed by atoms with Gasteiger partial charge in [-0.2, -0.15) is 0 Å². The van der Waals surface area contributed by atoms with E-state index in [0.29, 0.717) is 15.9 Å². The van der Waals surface area contributed by atoms with Gasteiger partial charge in [-0.05, 0) is 48.4 Å². The Bertz CT molecular complexity index is 1010. The lowest BCUT2D eigenvalue weighted by Crippen LogP contribution is -2.41. The number of anilines is 1. The molecule has 9 heteroatoms. The van der Waals surface area contributed by atoms with E-state index in [1.54, 1.807) is 12.1 Å². The highest BCUT2D eigenvalue weighted by Crippen LogP contribution is 2.38. The molecule has 1 aromatic heterocycles. The Hall–Kier alpha value is -2.58. The van der Waals surface area contributed by atoms with Crippen LogP contribution >= 0.6 is 23.4 Å². The van der Waals surface area contributed by atoms with E-state index in [0.717, 1.165) is 24.2 Å². The van der Waals surface area contributed by atoms with Crippen molar-refractivity contribution in [1.82, 2.24) is 14.9 Å². The number of hydrogen-bond acceptors (Lipinski definition) is 5. The van der Waals surface area contributed by atoms with Gasteiger partial charge in [-0.25, -0.2) is 9.07 Å². The van der Waals surface area contributed by atoms with Crippen LogP contribution < -0.4 is 10.7 Å². The Labute approximate surface area is 176 Å². The summed E-state index contributed by atoms with van der Waals surface area (Å²) in [6.45, 7) is 2.08. The number of aromatic nitrogens is 3. The number of benzene rings is 2. The lowest BCUT2D eigenvalue weighted by Gasteiger charge is -2.33. The van der Waals surface area contributed by atoms with Crippen LogP contribution in [0.3, 0.4) is 0 Å². The van der Waals surface area contributed by atoms with Crippen LogP contribution in [-0.4, -0.2) is 26.0 Å². The first-order valence-corrected chi connectivity index (χ1v) is 10.5. The van der Waals surface area contributed by atoms with Crippen LogP contribution in [0.5, 0.6) is 0 Å². The molecule has 1 aliphatic rings. The fraction of sp³-hybridized carbons (Fsp3) is 0.250. The van der Waals surface area contributed by atoms with E-state index < -0.39 is 5.25 Å². The predicted octanol–water partition coefficient (Wildman–Crippen LogP) is 4.42. The van der Waals surface area contributed by atoms with Gasteiger partial charge in [0.1, 0.15) is 11.1 Å². The number of carbonyl (C=O) groups is 1. The zero-order valence-corrected chi connectivity index (χ0v) is 17.2. The normalized spacial score (nSPS) is 18.0. The number of amides is 1.